The number of aryl methyl sites for hydroxylation is 1. The van der Waals surface area contributed by atoms with E-state index in [4.69, 9.17) is 17.0 Å². The van der Waals surface area contributed by atoms with E-state index in [0.29, 0.717) is 11.4 Å². The van der Waals surface area contributed by atoms with Crippen molar-refractivity contribution in [2.45, 2.75) is 12.8 Å². The topological polar surface area (TPSA) is 57.9 Å². The summed E-state index contributed by atoms with van der Waals surface area (Å²) in [5.74, 6) is 0. The molecular formula is C8H12N2O2S. The normalized spacial score (nSPS) is 10.2. The van der Waals surface area contributed by atoms with Crippen LogP contribution in [-0.4, -0.2) is 23.7 Å². The van der Waals surface area contributed by atoms with E-state index in [2.05, 4.69) is 9.97 Å². The van der Waals surface area contributed by atoms with Gasteiger partial charge >= 0.3 is 0 Å². The van der Waals surface area contributed by atoms with Gasteiger partial charge in [-0.2, -0.15) is 0 Å². The van der Waals surface area contributed by atoms with E-state index in [9.17, 15) is 4.79 Å². The van der Waals surface area contributed by atoms with Crippen LogP contribution in [0.1, 0.15) is 12.1 Å². The van der Waals surface area contributed by atoms with Crippen molar-refractivity contribution in [1.29, 1.82) is 0 Å². The zero-order valence-electron chi connectivity index (χ0n) is 7.42. The van der Waals surface area contributed by atoms with Crippen molar-refractivity contribution in [3.63, 3.8) is 0 Å². The summed E-state index contributed by atoms with van der Waals surface area (Å²) in [4.78, 5) is 16.4. The van der Waals surface area contributed by atoms with Crippen LogP contribution in [-0.2, 0) is 11.2 Å². The van der Waals surface area contributed by atoms with Gasteiger partial charge in [-0.05, 0) is 25.1 Å². The average molecular weight is 200 g/mol. The molecule has 0 unspecified atom stereocenters. The van der Waals surface area contributed by atoms with Gasteiger partial charge in [-0.25, -0.2) is 0 Å². The lowest BCUT2D eigenvalue weighted by Crippen LogP contribution is -2.08. The molecule has 0 radical (unpaired) electrons. The van der Waals surface area contributed by atoms with Crippen LogP contribution in [0.4, 0.5) is 0 Å². The Hall–Kier alpha value is -0.940. The molecule has 0 saturated heterocycles. The third-order valence-corrected chi connectivity index (χ3v) is 1.81. The van der Waals surface area contributed by atoms with E-state index in [1.54, 1.807) is 7.11 Å². The van der Waals surface area contributed by atoms with Gasteiger partial charge in [-0.1, -0.05) is 0 Å². The SMILES string of the molecule is COCCCc1cc(=O)[nH]c(=S)[nH]1. The third kappa shape index (κ3) is 3.52. The van der Waals surface area contributed by atoms with Gasteiger partial charge in [0.15, 0.2) is 4.77 Å². The van der Waals surface area contributed by atoms with E-state index in [1.807, 2.05) is 0 Å². The second kappa shape index (κ2) is 4.94. The van der Waals surface area contributed by atoms with Crippen molar-refractivity contribution in [2.75, 3.05) is 13.7 Å². The van der Waals surface area contributed by atoms with Gasteiger partial charge in [-0.3, -0.25) is 9.78 Å². The molecule has 0 fully saturated rings. The highest BCUT2D eigenvalue weighted by atomic mass is 32.1. The number of methoxy groups -OCH3 is 1. The fraction of sp³-hybridized carbons (Fsp3) is 0.500. The lowest BCUT2D eigenvalue weighted by Gasteiger charge is -1.99. The number of rotatable bonds is 4. The Morgan fingerprint density at radius 1 is 1.54 bits per heavy atom. The van der Waals surface area contributed by atoms with Crippen molar-refractivity contribution >= 4 is 12.2 Å². The maximum absolute atomic E-state index is 11.0. The van der Waals surface area contributed by atoms with E-state index >= 15 is 0 Å². The van der Waals surface area contributed by atoms with Crippen LogP contribution in [0.2, 0.25) is 0 Å². The van der Waals surface area contributed by atoms with Crippen molar-refractivity contribution in [1.82, 2.24) is 9.97 Å². The van der Waals surface area contributed by atoms with Crippen LogP contribution < -0.4 is 5.56 Å². The molecule has 1 aromatic heterocycles. The number of hydrogen-bond donors (Lipinski definition) is 2. The first-order valence-electron chi connectivity index (χ1n) is 4.04. The van der Waals surface area contributed by atoms with Crippen molar-refractivity contribution in [3.05, 3.63) is 26.9 Å². The minimum Gasteiger partial charge on any atom is -0.385 e. The van der Waals surface area contributed by atoms with Crippen LogP contribution in [0.15, 0.2) is 10.9 Å². The van der Waals surface area contributed by atoms with Gasteiger partial charge in [0, 0.05) is 25.5 Å². The van der Waals surface area contributed by atoms with Crippen LogP contribution in [0.25, 0.3) is 0 Å². The summed E-state index contributed by atoms with van der Waals surface area (Å²) in [5, 5.41) is 0. The highest BCUT2D eigenvalue weighted by molar-refractivity contribution is 7.71. The molecular weight excluding hydrogens is 188 g/mol. The number of hydrogen-bond acceptors (Lipinski definition) is 3. The molecule has 13 heavy (non-hydrogen) atoms. The summed E-state index contributed by atoms with van der Waals surface area (Å²) >= 11 is 4.82. The highest BCUT2D eigenvalue weighted by Gasteiger charge is 1.94. The molecule has 2 N–H and O–H groups in total. The molecule has 5 heteroatoms. The Balaban J connectivity index is 2.67. The maximum Gasteiger partial charge on any atom is 0.251 e. The molecule has 0 aliphatic rings. The summed E-state index contributed by atoms with van der Waals surface area (Å²) in [6, 6.07) is 1.52. The standard InChI is InChI=1S/C8H12N2O2S/c1-12-4-2-3-6-5-7(11)10-8(13)9-6/h5H,2-4H2,1H3,(H2,9,10,11,13). The molecule has 4 nitrogen and oxygen atoms in total. The zero-order valence-corrected chi connectivity index (χ0v) is 8.24. The quantitative estimate of drug-likeness (QED) is 0.563. The number of aromatic amines is 2. The molecule has 1 heterocycles. The average Bonchev–Trinajstić information content (AvgIpc) is 2.03. The monoisotopic (exact) mass is 200 g/mol. The maximum atomic E-state index is 11.0. The number of ether oxygens (including phenoxy) is 1. The first-order valence-corrected chi connectivity index (χ1v) is 4.44. The summed E-state index contributed by atoms with van der Waals surface area (Å²) < 4.78 is 5.27. The van der Waals surface area contributed by atoms with Gasteiger partial charge in [-0.15, -0.1) is 0 Å². The molecule has 0 atom stereocenters. The molecule has 0 aliphatic heterocycles. The van der Waals surface area contributed by atoms with Gasteiger partial charge in [0.25, 0.3) is 5.56 Å². The van der Waals surface area contributed by atoms with Gasteiger partial charge in [0.1, 0.15) is 0 Å². The van der Waals surface area contributed by atoms with E-state index in [1.165, 1.54) is 6.07 Å². The second-order valence-corrected chi connectivity index (χ2v) is 3.12. The summed E-state index contributed by atoms with van der Waals surface area (Å²) in [5.41, 5.74) is 0.696. The summed E-state index contributed by atoms with van der Waals surface area (Å²) in [6.45, 7) is 0.688. The lowest BCUT2D eigenvalue weighted by atomic mass is 10.2. The Morgan fingerprint density at radius 2 is 2.31 bits per heavy atom. The number of aromatic nitrogens is 2. The Labute approximate surface area is 81.0 Å². The van der Waals surface area contributed by atoms with Crippen LogP contribution in [0.5, 0.6) is 0 Å². The molecule has 72 valence electrons. The molecule has 0 amide bonds. The Morgan fingerprint density at radius 3 is 2.92 bits per heavy atom. The summed E-state index contributed by atoms with van der Waals surface area (Å²) in [7, 11) is 1.65. The van der Waals surface area contributed by atoms with E-state index in [0.717, 1.165) is 18.5 Å². The third-order valence-electron chi connectivity index (χ3n) is 1.61. The Bertz CT molecular complexity index is 341. The molecule has 0 bridgehead atoms. The van der Waals surface area contributed by atoms with Gasteiger partial charge in [0.05, 0.1) is 0 Å². The van der Waals surface area contributed by atoms with Crippen LogP contribution in [0, 0.1) is 4.77 Å². The fourth-order valence-corrected chi connectivity index (χ4v) is 1.29. The largest absolute Gasteiger partial charge is 0.385 e. The van der Waals surface area contributed by atoms with Gasteiger partial charge < -0.3 is 9.72 Å². The highest BCUT2D eigenvalue weighted by Crippen LogP contribution is 1.95. The number of nitrogens with one attached hydrogen (secondary N) is 2. The molecule has 0 aromatic carbocycles. The first kappa shape index (κ1) is 10.1. The second-order valence-electron chi connectivity index (χ2n) is 2.71. The van der Waals surface area contributed by atoms with Crippen LogP contribution >= 0.6 is 12.2 Å². The van der Waals surface area contributed by atoms with E-state index < -0.39 is 0 Å². The van der Waals surface area contributed by atoms with E-state index in [-0.39, 0.29) is 5.56 Å². The molecule has 0 saturated carbocycles. The minimum atomic E-state index is -0.156. The minimum absolute atomic E-state index is 0.156. The predicted octanol–water partition coefficient (Wildman–Crippen LogP) is 1.01. The fourth-order valence-electron chi connectivity index (χ4n) is 1.06. The van der Waals surface area contributed by atoms with Crippen molar-refractivity contribution < 1.29 is 4.74 Å². The zero-order chi connectivity index (χ0) is 9.68. The summed E-state index contributed by atoms with van der Waals surface area (Å²) in [6.07, 6.45) is 1.66. The number of H-pyrrole nitrogens is 2. The van der Waals surface area contributed by atoms with Crippen molar-refractivity contribution in [2.24, 2.45) is 0 Å². The van der Waals surface area contributed by atoms with Crippen LogP contribution in [0.3, 0.4) is 0 Å². The lowest BCUT2D eigenvalue weighted by molar-refractivity contribution is 0.195. The Kier molecular flexibility index (Phi) is 3.85. The van der Waals surface area contributed by atoms with Crippen molar-refractivity contribution in [3.8, 4) is 0 Å². The van der Waals surface area contributed by atoms with Gasteiger partial charge in [0.2, 0.25) is 0 Å². The first-order chi connectivity index (χ1) is 6.22. The molecule has 1 rings (SSSR count). The molecule has 0 spiro atoms. The smallest absolute Gasteiger partial charge is 0.251 e. The predicted molar refractivity (Wildman–Crippen MR) is 52.4 cm³/mol. The molecule has 1 aromatic rings. The molecule has 0 aliphatic carbocycles.